The Hall–Kier alpha value is -1.20. The van der Waals surface area contributed by atoms with E-state index in [0.717, 1.165) is 21.9 Å². The molecule has 0 unspecified atom stereocenters. The molecule has 104 valence electrons. The van der Waals surface area contributed by atoms with Crippen LogP contribution in [0.15, 0.2) is 0 Å². The van der Waals surface area contributed by atoms with E-state index >= 15 is 0 Å². The standard InChI is InChI=1S/C14H21N3OS/c1-8-9(2)19-13-11(8)12(15-6)16-10(17-13)7-18-14(3,4)5/h7H2,1-6H3,(H,15,16,17). The van der Waals surface area contributed by atoms with Crippen LogP contribution in [0.5, 0.6) is 0 Å². The van der Waals surface area contributed by atoms with Crippen LogP contribution in [0.25, 0.3) is 10.2 Å². The van der Waals surface area contributed by atoms with Gasteiger partial charge in [-0.15, -0.1) is 11.3 Å². The first-order valence-corrected chi connectivity index (χ1v) is 7.22. The highest BCUT2D eigenvalue weighted by Crippen LogP contribution is 2.33. The van der Waals surface area contributed by atoms with Gasteiger partial charge in [0, 0.05) is 11.9 Å². The number of hydrogen-bond acceptors (Lipinski definition) is 5. The molecule has 0 saturated heterocycles. The summed E-state index contributed by atoms with van der Waals surface area (Å²) in [6.07, 6.45) is 0. The van der Waals surface area contributed by atoms with Gasteiger partial charge in [0.1, 0.15) is 17.3 Å². The second-order valence-corrected chi connectivity index (χ2v) is 6.81. The minimum absolute atomic E-state index is 0.181. The van der Waals surface area contributed by atoms with Crippen LogP contribution in [0, 0.1) is 13.8 Å². The summed E-state index contributed by atoms with van der Waals surface area (Å²) < 4.78 is 5.75. The third-order valence-corrected chi connectivity index (χ3v) is 4.05. The molecule has 0 aliphatic carbocycles. The van der Waals surface area contributed by atoms with Gasteiger partial charge in [0.05, 0.1) is 11.0 Å². The van der Waals surface area contributed by atoms with E-state index in [9.17, 15) is 0 Å². The maximum absolute atomic E-state index is 5.75. The minimum atomic E-state index is -0.181. The highest BCUT2D eigenvalue weighted by atomic mass is 32.1. The van der Waals surface area contributed by atoms with Crippen LogP contribution < -0.4 is 5.32 Å². The van der Waals surface area contributed by atoms with E-state index in [1.165, 1.54) is 10.4 Å². The molecule has 0 aliphatic rings. The Labute approximate surface area is 118 Å². The lowest BCUT2D eigenvalue weighted by molar-refractivity contribution is -0.0179. The van der Waals surface area contributed by atoms with Gasteiger partial charge in [-0.2, -0.15) is 0 Å². The fraction of sp³-hybridized carbons (Fsp3) is 0.571. The molecule has 2 rings (SSSR count). The lowest BCUT2D eigenvalue weighted by atomic mass is 10.2. The molecule has 0 radical (unpaired) electrons. The molecule has 2 heterocycles. The van der Waals surface area contributed by atoms with Crippen molar-refractivity contribution in [2.45, 2.75) is 46.8 Å². The Morgan fingerprint density at radius 3 is 2.47 bits per heavy atom. The maximum Gasteiger partial charge on any atom is 0.158 e. The summed E-state index contributed by atoms with van der Waals surface area (Å²) in [5, 5.41) is 4.29. The maximum atomic E-state index is 5.75. The van der Waals surface area contributed by atoms with Gasteiger partial charge in [-0.1, -0.05) is 0 Å². The van der Waals surface area contributed by atoms with Crippen LogP contribution in [0.1, 0.15) is 37.0 Å². The van der Waals surface area contributed by atoms with Crippen LogP contribution >= 0.6 is 11.3 Å². The number of fused-ring (bicyclic) bond motifs is 1. The van der Waals surface area contributed by atoms with Gasteiger partial charge in [-0.25, -0.2) is 9.97 Å². The second-order valence-electron chi connectivity index (χ2n) is 5.60. The van der Waals surface area contributed by atoms with E-state index in [4.69, 9.17) is 4.74 Å². The van der Waals surface area contributed by atoms with Crippen molar-refractivity contribution >= 4 is 27.4 Å². The molecule has 0 saturated carbocycles. The minimum Gasteiger partial charge on any atom is -0.372 e. The Balaban J connectivity index is 2.42. The lowest BCUT2D eigenvalue weighted by Crippen LogP contribution is -2.19. The first-order valence-electron chi connectivity index (χ1n) is 6.40. The van der Waals surface area contributed by atoms with E-state index in [0.29, 0.717) is 6.61 Å². The Morgan fingerprint density at radius 2 is 1.89 bits per heavy atom. The number of aromatic nitrogens is 2. The van der Waals surface area contributed by atoms with Crippen molar-refractivity contribution in [3.63, 3.8) is 0 Å². The van der Waals surface area contributed by atoms with E-state index in [-0.39, 0.29) is 5.60 Å². The van der Waals surface area contributed by atoms with Gasteiger partial charge < -0.3 is 10.1 Å². The Bertz CT molecular complexity index is 599. The van der Waals surface area contributed by atoms with Crippen molar-refractivity contribution in [3.8, 4) is 0 Å². The van der Waals surface area contributed by atoms with Gasteiger partial charge in [-0.3, -0.25) is 0 Å². The van der Waals surface area contributed by atoms with E-state index < -0.39 is 0 Å². The fourth-order valence-electron chi connectivity index (χ4n) is 1.82. The Morgan fingerprint density at radius 1 is 1.21 bits per heavy atom. The Kier molecular flexibility index (Phi) is 3.78. The van der Waals surface area contributed by atoms with Gasteiger partial charge in [-0.05, 0) is 40.2 Å². The summed E-state index contributed by atoms with van der Waals surface area (Å²) in [6.45, 7) is 10.8. The number of nitrogens with one attached hydrogen (secondary N) is 1. The molecule has 1 N–H and O–H groups in total. The van der Waals surface area contributed by atoms with Crippen molar-refractivity contribution in [1.29, 1.82) is 0 Å². The van der Waals surface area contributed by atoms with Crippen molar-refractivity contribution in [2.75, 3.05) is 12.4 Å². The van der Waals surface area contributed by atoms with E-state index in [1.807, 2.05) is 27.8 Å². The number of rotatable bonds is 3. The first-order chi connectivity index (χ1) is 8.81. The molecule has 19 heavy (non-hydrogen) atoms. The van der Waals surface area contributed by atoms with Crippen LogP contribution in [0.3, 0.4) is 0 Å². The molecular weight excluding hydrogens is 258 g/mol. The zero-order valence-corrected chi connectivity index (χ0v) is 13.2. The number of aryl methyl sites for hydroxylation is 2. The third kappa shape index (κ3) is 3.04. The summed E-state index contributed by atoms with van der Waals surface area (Å²) in [6, 6.07) is 0. The van der Waals surface area contributed by atoms with Crippen molar-refractivity contribution in [1.82, 2.24) is 9.97 Å². The first kappa shape index (κ1) is 14.2. The molecular formula is C14H21N3OS. The summed E-state index contributed by atoms with van der Waals surface area (Å²) in [7, 11) is 1.89. The van der Waals surface area contributed by atoms with Crippen LogP contribution in [0.2, 0.25) is 0 Å². The molecule has 0 aliphatic heterocycles. The predicted molar refractivity (Wildman–Crippen MR) is 81.0 cm³/mol. The van der Waals surface area contributed by atoms with Crippen LogP contribution in [-0.2, 0) is 11.3 Å². The number of anilines is 1. The molecule has 0 bridgehead atoms. The number of hydrogen-bond donors (Lipinski definition) is 1. The highest BCUT2D eigenvalue weighted by molar-refractivity contribution is 7.18. The molecule has 0 amide bonds. The van der Waals surface area contributed by atoms with E-state index in [1.54, 1.807) is 11.3 Å². The molecule has 0 atom stereocenters. The zero-order chi connectivity index (χ0) is 14.2. The average Bonchev–Trinajstić information content (AvgIpc) is 2.61. The quantitative estimate of drug-likeness (QED) is 0.931. The van der Waals surface area contributed by atoms with Crippen molar-refractivity contribution < 1.29 is 4.74 Å². The van der Waals surface area contributed by atoms with Crippen molar-refractivity contribution in [2.24, 2.45) is 0 Å². The molecule has 4 nitrogen and oxygen atoms in total. The molecule has 0 spiro atoms. The third-order valence-electron chi connectivity index (χ3n) is 2.95. The van der Waals surface area contributed by atoms with Gasteiger partial charge in [0.15, 0.2) is 5.82 Å². The number of ether oxygens (including phenoxy) is 1. The largest absolute Gasteiger partial charge is 0.372 e. The normalized spacial score (nSPS) is 12.1. The van der Waals surface area contributed by atoms with E-state index in [2.05, 4.69) is 29.1 Å². The smallest absolute Gasteiger partial charge is 0.158 e. The monoisotopic (exact) mass is 279 g/mol. The molecule has 0 fully saturated rings. The summed E-state index contributed by atoms with van der Waals surface area (Å²) >= 11 is 1.71. The van der Waals surface area contributed by atoms with Gasteiger partial charge >= 0.3 is 0 Å². The topological polar surface area (TPSA) is 47.0 Å². The second kappa shape index (κ2) is 5.06. The predicted octanol–water partition coefficient (Wildman–Crippen LogP) is 3.66. The van der Waals surface area contributed by atoms with Crippen LogP contribution in [-0.4, -0.2) is 22.6 Å². The zero-order valence-electron chi connectivity index (χ0n) is 12.4. The number of nitrogens with zero attached hydrogens (tertiary/aromatic N) is 2. The SMILES string of the molecule is CNc1nc(COC(C)(C)C)nc2sc(C)c(C)c12. The van der Waals surface area contributed by atoms with Gasteiger partial charge in [0.25, 0.3) is 0 Å². The fourth-order valence-corrected chi connectivity index (χ4v) is 2.87. The molecule has 0 aromatic carbocycles. The van der Waals surface area contributed by atoms with Crippen molar-refractivity contribution in [3.05, 3.63) is 16.3 Å². The average molecular weight is 279 g/mol. The summed E-state index contributed by atoms with van der Waals surface area (Å²) in [5.41, 5.74) is 1.08. The summed E-state index contributed by atoms with van der Waals surface area (Å²) in [5.74, 6) is 1.62. The number of thiophene rings is 1. The highest BCUT2D eigenvalue weighted by Gasteiger charge is 2.16. The molecule has 2 aromatic rings. The molecule has 5 heteroatoms. The molecule has 2 aromatic heterocycles. The summed E-state index contributed by atoms with van der Waals surface area (Å²) in [4.78, 5) is 11.5. The van der Waals surface area contributed by atoms with Crippen LogP contribution in [0.4, 0.5) is 5.82 Å². The lowest BCUT2D eigenvalue weighted by Gasteiger charge is -2.19. The van der Waals surface area contributed by atoms with Gasteiger partial charge in [0.2, 0.25) is 0 Å².